The molecule has 0 aliphatic rings. The van der Waals surface area contributed by atoms with Crippen LogP contribution < -0.4 is 10.2 Å². The molecular weight excluding hydrogens is 263 g/mol. The largest absolute Gasteiger partial charge is 0.385 e. The Labute approximate surface area is 117 Å². The number of benzene rings is 1. The van der Waals surface area contributed by atoms with E-state index >= 15 is 0 Å². The fourth-order valence-corrected chi connectivity index (χ4v) is 1.68. The second-order valence-corrected chi connectivity index (χ2v) is 4.25. The van der Waals surface area contributed by atoms with Gasteiger partial charge in [0.25, 0.3) is 0 Å². The number of ether oxygens (including phenoxy) is 1. The molecule has 0 unspecified atom stereocenters. The Bertz CT molecular complexity index is 465. The van der Waals surface area contributed by atoms with Gasteiger partial charge in [0.05, 0.1) is 5.69 Å². The summed E-state index contributed by atoms with van der Waals surface area (Å²) in [4.78, 5) is 24.4. The number of methoxy groups -OCH3 is 1. The predicted molar refractivity (Wildman–Crippen MR) is 73.9 cm³/mol. The van der Waals surface area contributed by atoms with E-state index in [-0.39, 0.29) is 24.0 Å². The van der Waals surface area contributed by atoms with Crippen molar-refractivity contribution in [3.05, 3.63) is 30.1 Å². The van der Waals surface area contributed by atoms with Gasteiger partial charge in [0, 0.05) is 27.2 Å². The fraction of sp³-hybridized carbons (Fsp3) is 0.429. The van der Waals surface area contributed by atoms with E-state index in [1.165, 1.54) is 25.1 Å². The lowest BCUT2D eigenvalue weighted by Crippen LogP contribution is -2.40. The third kappa shape index (κ3) is 4.97. The Morgan fingerprint density at radius 3 is 2.65 bits per heavy atom. The van der Waals surface area contributed by atoms with Crippen LogP contribution in [0.2, 0.25) is 0 Å². The molecule has 0 atom stereocenters. The number of hydrogen-bond donors (Lipinski definition) is 1. The van der Waals surface area contributed by atoms with Crippen molar-refractivity contribution in [2.24, 2.45) is 0 Å². The van der Waals surface area contributed by atoms with Gasteiger partial charge in [-0.2, -0.15) is 0 Å². The average Bonchev–Trinajstić information content (AvgIpc) is 2.42. The maximum Gasteiger partial charge on any atom is 0.240 e. The molecule has 0 fully saturated rings. The van der Waals surface area contributed by atoms with Crippen molar-refractivity contribution in [2.75, 3.05) is 31.7 Å². The number of anilines is 1. The highest BCUT2D eigenvalue weighted by molar-refractivity contribution is 5.97. The lowest BCUT2D eigenvalue weighted by Gasteiger charge is -2.21. The first-order valence-electron chi connectivity index (χ1n) is 6.34. The van der Waals surface area contributed by atoms with Crippen molar-refractivity contribution >= 4 is 17.5 Å². The van der Waals surface area contributed by atoms with Crippen LogP contribution >= 0.6 is 0 Å². The Kier molecular flexibility index (Phi) is 6.66. The quantitative estimate of drug-likeness (QED) is 0.768. The first-order valence-corrected chi connectivity index (χ1v) is 6.34. The maximum atomic E-state index is 13.7. The fourth-order valence-electron chi connectivity index (χ4n) is 1.68. The monoisotopic (exact) mass is 282 g/mol. The number of hydrogen-bond acceptors (Lipinski definition) is 3. The van der Waals surface area contributed by atoms with E-state index in [0.29, 0.717) is 19.6 Å². The number of carbonyl (C=O) groups is 2. The highest BCUT2D eigenvalue weighted by atomic mass is 19.1. The van der Waals surface area contributed by atoms with Gasteiger partial charge < -0.3 is 15.0 Å². The summed E-state index contributed by atoms with van der Waals surface area (Å²) in [6.45, 7) is 2.09. The molecule has 110 valence electrons. The molecule has 5 nitrogen and oxygen atoms in total. The van der Waals surface area contributed by atoms with Gasteiger partial charge in [-0.25, -0.2) is 4.39 Å². The molecule has 1 aromatic carbocycles. The van der Waals surface area contributed by atoms with Crippen LogP contribution in [0.15, 0.2) is 24.3 Å². The van der Waals surface area contributed by atoms with Crippen LogP contribution in [0.1, 0.15) is 13.3 Å². The minimum atomic E-state index is -0.533. The third-order valence-corrected chi connectivity index (χ3v) is 2.67. The summed E-state index contributed by atoms with van der Waals surface area (Å²) in [6.07, 6.45) is 0.683. The van der Waals surface area contributed by atoms with Crippen molar-refractivity contribution in [3.63, 3.8) is 0 Å². The van der Waals surface area contributed by atoms with Crippen LogP contribution in [-0.4, -0.2) is 38.6 Å². The lowest BCUT2D eigenvalue weighted by molar-refractivity contribution is -0.123. The number of nitrogens with zero attached hydrogens (tertiary/aromatic N) is 1. The van der Waals surface area contributed by atoms with Crippen molar-refractivity contribution in [1.29, 1.82) is 0 Å². The van der Waals surface area contributed by atoms with Crippen LogP contribution in [0.4, 0.5) is 10.1 Å². The van der Waals surface area contributed by atoms with Gasteiger partial charge in [0.1, 0.15) is 12.4 Å². The Balaban J connectivity index is 2.62. The maximum absolute atomic E-state index is 13.7. The molecule has 1 N–H and O–H groups in total. The van der Waals surface area contributed by atoms with Crippen LogP contribution in [0, 0.1) is 5.82 Å². The molecule has 0 spiro atoms. The van der Waals surface area contributed by atoms with E-state index in [0.717, 1.165) is 4.90 Å². The highest BCUT2D eigenvalue weighted by Crippen LogP contribution is 2.18. The third-order valence-electron chi connectivity index (χ3n) is 2.67. The molecule has 0 heterocycles. The van der Waals surface area contributed by atoms with Crippen molar-refractivity contribution in [2.45, 2.75) is 13.3 Å². The van der Waals surface area contributed by atoms with Gasteiger partial charge in [-0.3, -0.25) is 9.59 Å². The summed E-state index contributed by atoms with van der Waals surface area (Å²) in [6, 6.07) is 5.86. The van der Waals surface area contributed by atoms with E-state index in [1.54, 1.807) is 13.2 Å². The first kappa shape index (κ1) is 16.1. The molecule has 6 heteroatoms. The summed E-state index contributed by atoms with van der Waals surface area (Å²) in [7, 11) is 1.58. The molecule has 0 radical (unpaired) electrons. The van der Waals surface area contributed by atoms with E-state index in [1.807, 2.05) is 0 Å². The van der Waals surface area contributed by atoms with E-state index < -0.39 is 5.82 Å². The van der Waals surface area contributed by atoms with Crippen LogP contribution in [0.3, 0.4) is 0 Å². The Morgan fingerprint density at radius 2 is 2.05 bits per heavy atom. The van der Waals surface area contributed by atoms with Crippen molar-refractivity contribution < 1.29 is 18.7 Å². The van der Waals surface area contributed by atoms with Gasteiger partial charge in [-0.15, -0.1) is 0 Å². The van der Waals surface area contributed by atoms with Gasteiger partial charge in [-0.1, -0.05) is 12.1 Å². The molecule has 0 aromatic heterocycles. The minimum absolute atomic E-state index is 0.104. The molecule has 0 saturated carbocycles. The summed E-state index contributed by atoms with van der Waals surface area (Å²) < 4.78 is 18.5. The second kappa shape index (κ2) is 8.27. The number of rotatable bonds is 7. The molecule has 1 rings (SSSR count). The zero-order valence-corrected chi connectivity index (χ0v) is 11.7. The van der Waals surface area contributed by atoms with Gasteiger partial charge >= 0.3 is 0 Å². The van der Waals surface area contributed by atoms with Gasteiger partial charge in [0.2, 0.25) is 11.8 Å². The van der Waals surface area contributed by atoms with Crippen molar-refractivity contribution in [1.82, 2.24) is 5.32 Å². The predicted octanol–water partition coefficient (Wildman–Crippen LogP) is 1.33. The number of amides is 2. The molecule has 0 bridgehead atoms. The number of nitrogens with one attached hydrogen (secondary N) is 1. The van der Waals surface area contributed by atoms with Gasteiger partial charge in [-0.05, 0) is 18.6 Å². The van der Waals surface area contributed by atoms with Crippen LogP contribution in [0.25, 0.3) is 0 Å². The van der Waals surface area contributed by atoms with E-state index in [4.69, 9.17) is 4.74 Å². The number of carbonyl (C=O) groups excluding carboxylic acids is 2. The minimum Gasteiger partial charge on any atom is -0.385 e. The molecule has 0 aliphatic carbocycles. The number of halogens is 1. The topological polar surface area (TPSA) is 58.6 Å². The molecule has 1 aromatic rings. The summed E-state index contributed by atoms with van der Waals surface area (Å²) >= 11 is 0. The zero-order chi connectivity index (χ0) is 15.0. The first-order chi connectivity index (χ1) is 9.56. The Hall–Kier alpha value is -1.95. The second-order valence-electron chi connectivity index (χ2n) is 4.25. The normalized spacial score (nSPS) is 10.2. The molecule has 2 amide bonds. The molecule has 20 heavy (non-hydrogen) atoms. The van der Waals surface area contributed by atoms with E-state index in [9.17, 15) is 14.0 Å². The highest BCUT2D eigenvalue weighted by Gasteiger charge is 2.18. The summed E-state index contributed by atoms with van der Waals surface area (Å²) in [5.74, 6) is -1.25. The SMILES string of the molecule is COCCCNC(=O)CN(C(C)=O)c1ccccc1F. The average molecular weight is 282 g/mol. The summed E-state index contributed by atoms with van der Waals surface area (Å²) in [5.41, 5.74) is 0.104. The van der Waals surface area contributed by atoms with E-state index in [2.05, 4.69) is 5.32 Å². The Morgan fingerprint density at radius 1 is 1.35 bits per heavy atom. The number of para-hydroxylation sites is 1. The molecule has 0 saturated heterocycles. The molecular formula is C14H19FN2O3. The summed E-state index contributed by atoms with van der Waals surface area (Å²) in [5, 5.41) is 2.66. The van der Waals surface area contributed by atoms with Crippen LogP contribution in [-0.2, 0) is 14.3 Å². The molecule has 0 aliphatic heterocycles. The van der Waals surface area contributed by atoms with Crippen molar-refractivity contribution in [3.8, 4) is 0 Å². The zero-order valence-electron chi connectivity index (χ0n) is 11.7. The van der Waals surface area contributed by atoms with Crippen LogP contribution in [0.5, 0.6) is 0 Å². The van der Waals surface area contributed by atoms with Gasteiger partial charge in [0.15, 0.2) is 0 Å². The standard InChI is InChI=1S/C14H19FN2O3/c1-11(18)17(13-7-4-3-6-12(13)15)10-14(19)16-8-5-9-20-2/h3-4,6-7H,5,8-10H2,1-2H3,(H,16,19). The smallest absolute Gasteiger partial charge is 0.240 e. The lowest BCUT2D eigenvalue weighted by atomic mass is 10.2.